The summed E-state index contributed by atoms with van der Waals surface area (Å²) in [5.41, 5.74) is 1.46. The third kappa shape index (κ3) is 5.33. The first-order valence-electron chi connectivity index (χ1n) is 7.63. The molecule has 0 saturated carbocycles. The van der Waals surface area contributed by atoms with Gasteiger partial charge in [-0.3, -0.25) is 4.79 Å². The van der Waals surface area contributed by atoms with E-state index in [1.54, 1.807) is 50.6 Å². The molecule has 0 aliphatic rings. The van der Waals surface area contributed by atoms with Crippen LogP contribution in [0.3, 0.4) is 0 Å². The summed E-state index contributed by atoms with van der Waals surface area (Å²) >= 11 is 0. The van der Waals surface area contributed by atoms with Gasteiger partial charge < -0.3 is 14.8 Å². The molecule has 0 heterocycles. The molecule has 0 spiro atoms. The number of methoxy groups -OCH3 is 2. The number of rotatable bonds is 7. The van der Waals surface area contributed by atoms with Crippen LogP contribution in [0.4, 0.5) is 0 Å². The Labute approximate surface area is 152 Å². The first-order chi connectivity index (χ1) is 12.3. The van der Waals surface area contributed by atoms with Crippen LogP contribution < -0.4 is 19.9 Å². The van der Waals surface area contributed by atoms with Crippen LogP contribution in [0.2, 0.25) is 0 Å². The van der Waals surface area contributed by atoms with E-state index in [0.29, 0.717) is 17.1 Å². The van der Waals surface area contributed by atoms with Gasteiger partial charge in [-0.25, -0.2) is 13.6 Å². The second kappa shape index (κ2) is 8.50. The number of primary sulfonamides is 1. The molecule has 0 unspecified atom stereocenters. The number of nitrogens with one attached hydrogen (secondary N) is 1. The Balaban J connectivity index is 2.00. The topological polar surface area (TPSA) is 108 Å². The minimum atomic E-state index is -3.72. The zero-order chi connectivity index (χ0) is 19.2. The average Bonchev–Trinajstić information content (AvgIpc) is 2.64. The molecule has 0 aromatic heterocycles. The smallest absolute Gasteiger partial charge is 0.244 e. The number of sulfonamides is 1. The number of amides is 1. The fourth-order valence-electron chi connectivity index (χ4n) is 2.18. The predicted molar refractivity (Wildman–Crippen MR) is 98.2 cm³/mol. The number of hydrogen-bond acceptors (Lipinski definition) is 5. The minimum absolute atomic E-state index is 0.0255. The van der Waals surface area contributed by atoms with E-state index in [0.717, 1.165) is 5.56 Å². The fourth-order valence-corrected chi connectivity index (χ4v) is 2.70. The number of nitrogens with two attached hydrogens (primary N) is 1. The van der Waals surface area contributed by atoms with Crippen molar-refractivity contribution in [1.82, 2.24) is 5.32 Å². The van der Waals surface area contributed by atoms with E-state index in [9.17, 15) is 13.2 Å². The van der Waals surface area contributed by atoms with E-state index in [4.69, 9.17) is 14.6 Å². The van der Waals surface area contributed by atoms with E-state index in [1.165, 1.54) is 18.2 Å². The maximum absolute atomic E-state index is 12.0. The lowest BCUT2D eigenvalue weighted by molar-refractivity contribution is -0.116. The molecular formula is C18H20N2O5S. The molecule has 138 valence electrons. The van der Waals surface area contributed by atoms with Crippen LogP contribution in [0.1, 0.15) is 11.1 Å². The van der Waals surface area contributed by atoms with Gasteiger partial charge in [-0.05, 0) is 42.0 Å². The third-order valence-electron chi connectivity index (χ3n) is 3.57. The lowest BCUT2D eigenvalue weighted by atomic mass is 10.1. The highest BCUT2D eigenvalue weighted by Crippen LogP contribution is 2.25. The highest BCUT2D eigenvalue weighted by molar-refractivity contribution is 7.89. The van der Waals surface area contributed by atoms with E-state index in [1.807, 2.05) is 0 Å². The van der Waals surface area contributed by atoms with Gasteiger partial charge in [0.25, 0.3) is 0 Å². The Hall–Kier alpha value is -2.84. The number of ether oxygens (including phenoxy) is 2. The fraction of sp³-hybridized carbons (Fsp3) is 0.167. The summed E-state index contributed by atoms with van der Waals surface area (Å²) in [5.74, 6) is 0.972. The van der Waals surface area contributed by atoms with Crippen LogP contribution in [0.15, 0.2) is 53.4 Å². The van der Waals surface area contributed by atoms with Gasteiger partial charge in [-0.2, -0.15) is 0 Å². The van der Waals surface area contributed by atoms with Gasteiger partial charge in [-0.1, -0.05) is 12.1 Å². The van der Waals surface area contributed by atoms with Crippen molar-refractivity contribution in [1.29, 1.82) is 0 Å². The van der Waals surface area contributed by atoms with Crippen LogP contribution in [0.5, 0.6) is 11.5 Å². The van der Waals surface area contributed by atoms with Gasteiger partial charge in [0.05, 0.1) is 19.1 Å². The summed E-state index contributed by atoms with van der Waals surface area (Å²) in [5, 5.41) is 7.76. The Morgan fingerprint density at radius 1 is 1.12 bits per heavy atom. The van der Waals surface area contributed by atoms with Gasteiger partial charge in [0.2, 0.25) is 15.9 Å². The zero-order valence-electron chi connectivity index (χ0n) is 14.4. The van der Waals surface area contributed by atoms with Crippen molar-refractivity contribution in [3.63, 3.8) is 0 Å². The molecule has 8 heteroatoms. The largest absolute Gasteiger partial charge is 0.497 e. The summed E-state index contributed by atoms with van der Waals surface area (Å²) in [6.07, 6.45) is 3.01. The molecule has 0 aliphatic carbocycles. The summed E-state index contributed by atoms with van der Waals surface area (Å²) in [7, 11) is -0.618. The molecule has 0 atom stereocenters. The number of hydrogen-bond donors (Lipinski definition) is 2. The maximum Gasteiger partial charge on any atom is 0.244 e. The summed E-state index contributed by atoms with van der Waals surface area (Å²) in [6.45, 7) is 0.253. The van der Waals surface area contributed by atoms with Crippen LogP contribution in [0.25, 0.3) is 6.08 Å². The van der Waals surface area contributed by atoms with Gasteiger partial charge in [0, 0.05) is 18.2 Å². The van der Waals surface area contributed by atoms with Crippen molar-refractivity contribution in [3.8, 4) is 11.5 Å². The van der Waals surface area contributed by atoms with Crippen LogP contribution in [-0.2, 0) is 21.4 Å². The molecule has 0 saturated heterocycles. The van der Waals surface area contributed by atoms with Gasteiger partial charge in [-0.15, -0.1) is 0 Å². The SMILES string of the molecule is COc1ccc(OC)c(/C=C/C(=O)NCc2ccc(S(N)(=O)=O)cc2)c1. The standard InChI is InChI=1S/C18H20N2O5S/c1-24-15-6-9-17(25-2)14(11-15)5-10-18(21)20-12-13-3-7-16(8-4-13)26(19,22)23/h3-11H,12H2,1-2H3,(H,20,21)(H2,19,22,23)/b10-5+. The number of carbonyl (C=O) groups is 1. The third-order valence-corrected chi connectivity index (χ3v) is 4.50. The molecule has 2 rings (SSSR count). The maximum atomic E-state index is 12.0. The number of carbonyl (C=O) groups excluding carboxylic acids is 1. The van der Waals surface area contributed by atoms with Crippen molar-refractivity contribution in [3.05, 3.63) is 59.7 Å². The van der Waals surface area contributed by atoms with Gasteiger partial charge >= 0.3 is 0 Å². The molecule has 1 amide bonds. The van der Waals surface area contributed by atoms with E-state index < -0.39 is 10.0 Å². The molecule has 2 aromatic rings. The normalized spacial score (nSPS) is 11.3. The number of benzene rings is 2. The van der Waals surface area contributed by atoms with Gasteiger partial charge in [0.15, 0.2) is 0 Å². The monoisotopic (exact) mass is 376 g/mol. The van der Waals surface area contributed by atoms with E-state index in [-0.39, 0.29) is 17.3 Å². The van der Waals surface area contributed by atoms with E-state index in [2.05, 4.69) is 5.32 Å². The molecule has 0 fully saturated rings. The molecule has 3 N–H and O–H groups in total. The first-order valence-corrected chi connectivity index (χ1v) is 9.18. The molecular weight excluding hydrogens is 356 g/mol. The second-order valence-corrected chi connectivity index (χ2v) is 6.91. The quantitative estimate of drug-likeness (QED) is 0.715. The highest BCUT2D eigenvalue weighted by atomic mass is 32.2. The molecule has 2 aromatic carbocycles. The lowest BCUT2D eigenvalue weighted by Crippen LogP contribution is -2.20. The Morgan fingerprint density at radius 2 is 1.81 bits per heavy atom. The molecule has 7 nitrogen and oxygen atoms in total. The Morgan fingerprint density at radius 3 is 2.38 bits per heavy atom. The minimum Gasteiger partial charge on any atom is -0.497 e. The summed E-state index contributed by atoms with van der Waals surface area (Å²) in [4.78, 5) is 12.0. The van der Waals surface area contributed by atoms with Crippen molar-refractivity contribution >= 4 is 22.0 Å². The van der Waals surface area contributed by atoms with Crippen LogP contribution in [0, 0.1) is 0 Å². The molecule has 0 aliphatic heterocycles. The highest BCUT2D eigenvalue weighted by Gasteiger charge is 2.07. The van der Waals surface area contributed by atoms with E-state index >= 15 is 0 Å². The van der Waals surface area contributed by atoms with Crippen molar-refractivity contribution < 1.29 is 22.7 Å². The van der Waals surface area contributed by atoms with Crippen molar-refractivity contribution in [2.75, 3.05) is 14.2 Å². The molecule has 26 heavy (non-hydrogen) atoms. The van der Waals surface area contributed by atoms with Gasteiger partial charge in [0.1, 0.15) is 11.5 Å². The Kier molecular flexibility index (Phi) is 6.37. The Bertz CT molecular complexity index is 906. The summed E-state index contributed by atoms with van der Waals surface area (Å²) in [6, 6.07) is 11.3. The van der Waals surface area contributed by atoms with Crippen molar-refractivity contribution in [2.24, 2.45) is 5.14 Å². The molecule has 0 bridgehead atoms. The van der Waals surface area contributed by atoms with Crippen molar-refractivity contribution in [2.45, 2.75) is 11.4 Å². The zero-order valence-corrected chi connectivity index (χ0v) is 15.2. The average molecular weight is 376 g/mol. The van der Waals surface area contributed by atoms with Crippen LogP contribution in [-0.4, -0.2) is 28.5 Å². The second-order valence-electron chi connectivity index (χ2n) is 5.35. The molecule has 0 radical (unpaired) electrons. The predicted octanol–water partition coefficient (Wildman–Crippen LogP) is 1.68. The summed E-state index contributed by atoms with van der Waals surface area (Å²) < 4.78 is 32.8. The van der Waals surface area contributed by atoms with Crippen LogP contribution >= 0.6 is 0 Å². The lowest BCUT2D eigenvalue weighted by Gasteiger charge is -2.07. The first kappa shape index (κ1) is 19.5.